The van der Waals surface area contributed by atoms with E-state index in [0.29, 0.717) is 0 Å². The summed E-state index contributed by atoms with van der Waals surface area (Å²) in [4.78, 5) is 0. The highest BCUT2D eigenvalue weighted by Crippen LogP contribution is 2.24. The lowest BCUT2D eigenvalue weighted by molar-refractivity contribution is -0.0648. The Balaban J connectivity index is 2.49. The van der Waals surface area contributed by atoms with E-state index in [1.165, 1.54) is 0 Å². The van der Waals surface area contributed by atoms with Crippen molar-refractivity contribution in [2.75, 3.05) is 13.2 Å². The van der Waals surface area contributed by atoms with E-state index < -0.39 is 0 Å². The van der Waals surface area contributed by atoms with Crippen LogP contribution in [0.5, 0.6) is 0 Å². The SMILES string of the molecule is CC#CC1(C)COC1. The highest BCUT2D eigenvalue weighted by atomic mass is 16.5. The van der Waals surface area contributed by atoms with Gasteiger partial charge in [-0.05, 0) is 13.8 Å². The fourth-order valence-corrected chi connectivity index (χ4v) is 0.782. The molecule has 0 bridgehead atoms. The van der Waals surface area contributed by atoms with Gasteiger partial charge in [-0.15, -0.1) is 5.92 Å². The third-order valence-electron chi connectivity index (χ3n) is 1.27. The van der Waals surface area contributed by atoms with E-state index in [-0.39, 0.29) is 5.41 Å². The van der Waals surface area contributed by atoms with Crippen molar-refractivity contribution in [3.63, 3.8) is 0 Å². The Morgan fingerprint density at radius 2 is 2.12 bits per heavy atom. The first kappa shape index (κ1) is 5.65. The maximum absolute atomic E-state index is 4.99. The van der Waals surface area contributed by atoms with Crippen LogP contribution in [0, 0.1) is 17.3 Å². The molecule has 0 aliphatic carbocycles. The number of hydrogen-bond donors (Lipinski definition) is 0. The molecule has 1 nitrogen and oxygen atoms in total. The molecule has 0 aromatic carbocycles. The summed E-state index contributed by atoms with van der Waals surface area (Å²) in [6, 6.07) is 0. The third kappa shape index (κ3) is 0.850. The summed E-state index contributed by atoms with van der Waals surface area (Å²) >= 11 is 0. The van der Waals surface area contributed by atoms with Crippen LogP contribution in [-0.4, -0.2) is 13.2 Å². The summed E-state index contributed by atoms with van der Waals surface area (Å²) in [6.45, 7) is 5.61. The number of rotatable bonds is 0. The largest absolute Gasteiger partial charge is 0.378 e. The molecule has 0 aromatic heterocycles. The zero-order chi connectivity index (χ0) is 6.04. The van der Waals surface area contributed by atoms with Crippen LogP contribution in [0.2, 0.25) is 0 Å². The normalized spacial score (nSPS) is 22.8. The second kappa shape index (κ2) is 1.80. The van der Waals surface area contributed by atoms with Crippen molar-refractivity contribution >= 4 is 0 Å². The van der Waals surface area contributed by atoms with Crippen LogP contribution in [0.3, 0.4) is 0 Å². The maximum atomic E-state index is 4.99. The second-order valence-corrected chi connectivity index (χ2v) is 2.43. The van der Waals surface area contributed by atoms with E-state index in [4.69, 9.17) is 4.74 Å². The zero-order valence-electron chi connectivity index (χ0n) is 5.32. The summed E-state index contributed by atoms with van der Waals surface area (Å²) in [7, 11) is 0. The van der Waals surface area contributed by atoms with Crippen molar-refractivity contribution in [3.05, 3.63) is 0 Å². The first-order valence-electron chi connectivity index (χ1n) is 2.78. The fraction of sp³-hybridized carbons (Fsp3) is 0.714. The van der Waals surface area contributed by atoms with Gasteiger partial charge in [-0.1, -0.05) is 5.92 Å². The summed E-state index contributed by atoms with van der Waals surface area (Å²) in [5.41, 5.74) is 0.189. The topological polar surface area (TPSA) is 9.23 Å². The molecule has 44 valence electrons. The Bertz CT molecular complexity index is 134. The van der Waals surface area contributed by atoms with Crippen LogP contribution < -0.4 is 0 Å². The van der Waals surface area contributed by atoms with Crippen molar-refractivity contribution in [2.45, 2.75) is 13.8 Å². The molecule has 0 spiro atoms. The average molecular weight is 110 g/mol. The van der Waals surface area contributed by atoms with Gasteiger partial charge in [0, 0.05) is 0 Å². The molecule has 8 heavy (non-hydrogen) atoms. The molecule has 0 aromatic rings. The lowest BCUT2D eigenvalue weighted by Crippen LogP contribution is -2.38. The molecule has 0 atom stereocenters. The zero-order valence-corrected chi connectivity index (χ0v) is 5.32. The fourth-order valence-electron chi connectivity index (χ4n) is 0.782. The quantitative estimate of drug-likeness (QED) is 0.423. The van der Waals surface area contributed by atoms with Gasteiger partial charge < -0.3 is 4.74 Å². The van der Waals surface area contributed by atoms with Gasteiger partial charge in [-0.2, -0.15) is 0 Å². The van der Waals surface area contributed by atoms with Crippen molar-refractivity contribution in [1.82, 2.24) is 0 Å². The highest BCUT2D eigenvalue weighted by molar-refractivity contribution is 5.11. The van der Waals surface area contributed by atoms with Crippen LogP contribution in [0.4, 0.5) is 0 Å². The minimum absolute atomic E-state index is 0.189. The Hall–Kier alpha value is -0.480. The molecular weight excluding hydrogens is 100 g/mol. The van der Waals surface area contributed by atoms with Crippen LogP contribution in [0.25, 0.3) is 0 Å². The van der Waals surface area contributed by atoms with Crippen molar-refractivity contribution in [2.24, 2.45) is 5.41 Å². The van der Waals surface area contributed by atoms with Crippen molar-refractivity contribution in [3.8, 4) is 11.8 Å². The minimum atomic E-state index is 0.189. The Kier molecular flexibility index (Phi) is 1.27. The summed E-state index contributed by atoms with van der Waals surface area (Å²) in [6.07, 6.45) is 0. The van der Waals surface area contributed by atoms with E-state index >= 15 is 0 Å². The van der Waals surface area contributed by atoms with Crippen LogP contribution >= 0.6 is 0 Å². The average Bonchev–Trinajstić information content (AvgIpc) is 1.64. The highest BCUT2D eigenvalue weighted by Gasteiger charge is 2.30. The Morgan fingerprint density at radius 1 is 1.50 bits per heavy atom. The predicted molar refractivity (Wildman–Crippen MR) is 32.4 cm³/mol. The molecule has 0 amide bonds. The Labute approximate surface area is 50.0 Å². The van der Waals surface area contributed by atoms with Crippen LogP contribution in [-0.2, 0) is 4.74 Å². The van der Waals surface area contributed by atoms with Crippen LogP contribution in [0.1, 0.15) is 13.8 Å². The molecule has 1 heterocycles. The van der Waals surface area contributed by atoms with Gasteiger partial charge >= 0.3 is 0 Å². The van der Waals surface area contributed by atoms with Gasteiger partial charge in [0.1, 0.15) is 0 Å². The van der Waals surface area contributed by atoms with Gasteiger partial charge in [0.25, 0.3) is 0 Å². The van der Waals surface area contributed by atoms with E-state index in [9.17, 15) is 0 Å². The second-order valence-electron chi connectivity index (χ2n) is 2.43. The monoisotopic (exact) mass is 110 g/mol. The first-order chi connectivity index (χ1) is 3.77. The molecule has 0 N–H and O–H groups in total. The number of ether oxygens (including phenoxy) is 1. The summed E-state index contributed by atoms with van der Waals surface area (Å²) < 4.78 is 4.99. The first-order valence-corrected chi connectivity index (χ1v) is 2.78. The van der Waals surface area contributed by atoms with E-state index in [2.05, 4.69) is 18.8 Å². The van der Waals surface area contributed by atoms with Gasteiger partial charge in [0.05, 0.1) is 18.6 Å². The molecule has 0 saturated carbocycles. The third-order valence-corrected chi connectivity index (χ3v) is 1.27. The van der Waals surface area contributed by atoms with E-state index in [0.717, 1.165) is 13.2 Å². The van der Waals surface area contributed by atoms with Crippen molar-refractivity contribution < 1.29 is 4.74 Å². The smallest absolute Gasteiger partial charge is 0.0752 e. The predicted octanol–water partition coefficient (Wildman–Crippen LogP) is 1.05. The molecule has 1 rings (SSSR count). The van der Waals surface area contributed by atoms with Crippen LogP contribution in [0.15, 0.2) is 0 Å². The molecule has 1 aliphatic rings. The Morgan fingerprint density at radius 3 is 2.25 bits per heavy atom. The maximum Gasteiger partial charge on any atom is 0.0752 e. The number of hydrogen-bond acceptors (Lipinski definition) is 1. The molecule has 0 radical (unpaired) electrons. The molecule has 1 saturated heterocycles. The lowest BCUT2D eigenvalue weighted by atomic mass is 9.90. The molecule has 1 aliphatic heterocycles. The van der Waals surface area contributed by atoms with Crippen molar-refractivity contribution in [1.29, 1.82) is 0 Å². The van der Waals surface area contributed by atoms with Gasteiger partial charge in [-0.3, -0.25) is 0 Å². The van der Waals surface area contributed by atoms with E-state index in [1.807, 2.05) is 6.92 Å². The van der Waals surface area contributed by atoms with Gasteiger partial charge in [0.15, 0.2) is 0 Å². The van der Waals surface area contributed by atoms with E-state index in [1.54, 1.807) is 0 Å². The van der Waals surface area contributed by atoms with Gasteiger partial charge in [-0.25, -0.2) is 0 Å². The lowest BCUT2D eigenvalue weighted by Gasteiger charge is -2.32. The van der Waals surface area contributed by atoms with Gasteiger partial charge in [0.2, 0.25) is 0 Å². The minimum Gasteiger partial charge on any atom is -0.378 e. The standard InChI is InChI=1S/C7H10O/c1-3-4-7(2)5-8-6-7/h5-6H2,1-2H3. The molecule has 0 unspecified atom stereocenters. The molecule has 1 heteroatoms. The summed E-state index contributed by atoms with van der Waals surface area (Å²) in [5, 5.41) is 0. The summed E-state index contributed by atoms with van der Waals surface area (Å²) in [5.74, 6) is 5.96. The molecule has 1 fully saturated rings. The molecular formula is C7H10O.